The van der Waals surface area contributed by atoms with Crippen LogP contribution < -0.4 is 4.74 Å². The van der Waals surface area contributed by atoms with Gasteiger partial charge in [-0.2, -0.15) is 0 Å². The Hall–Kier alpha value is -3.40. The zero-order valence-electron chi connectivity index (χ0n) is 23.8. The van der Waals surface area contributed by atoms with Crippen LogP contribution in [0.3, 0.4) is 0 Å². The minimum absolute atomic E-state index is 0.0150. The van der Waals surface area contributed by atoms with E-state index in [4.69, 9.17) is 4.74 Å². The number of fused-ring (bicyclic) bond motifs is 2. The fraction of sp³-hybridized carbons (Fsp3) is 0.500. The number of halogens is 1. The summed E-state index contributed by atoms with van der Waals surface area (Å²) in [6.45, 7) is 3.83. The monoisotopic (exact) mass is 637 g/mol. The molecule has 1 saturated heterocycles. The summed E-state index contributed by atoms with van der Waals surface area (Å²) in [5.74, 6) is -1.79. The summed E-state index contributed by atoms with van der Waals surface area (Å²) in [6, 6.07) is 10.9. The molecular weight excluding hydrogens is 602 g/mol. The molecule has 2 aromatic carbocycles. The molecule has 2 aromatic rings. The number of hydrogen-bond donors (Lipinski definition) is 1. The number of rotatable bonds is 6. The van der Waals surface area contributed by atoms with Gasteiger partial charge in [-0.15, -0.1) is 0 Å². The van der Waals surface area contributed by atoms with E-state index in [1.807, 2.05) is 41.3 Å². The lowest BCUT2D eigenvalue weighted by Crippen LogP contribution is -2.50. The maximum absolute atomic E-state index is 14.3. The number of carbonyl (C=O) groups is 4. The molecule has 3 heterocycles. The van der Waals surface area contributed by atoms with E-state index < -0.39 is 23.8 Å². The van der Waals surface area contributed by atoms with Gasteiger partial charge in [0.05, 0.1) is 24.4 Å². The molecule has 0 radical (unpaired) electrons. The first-order valence-electron chi connectivity index (χ1n) is 14.9. The summed E-state index contributed by atoms with van der Waals surface area (Å²) in [4.78, 5) is 57.3. The van der Waals surface area contributed by atoms with Crippen LogP contribution in [-0.2, 0) is 27.3 Å². The van der Waals surface area contributed by atoms with Crippen molar-refractivity contribution in [1.29, 1.82) is 0 Å². The molecule has 0 spiro atoms. The van der Waals surface area contributed by atoms with Gasteiger partial charge in [0.25, 0.3) is 5.91 Å². The van der Waals surface area contributed by atoms with Gasteiger partial charge in [-0.1, -0.05) is 47.0 Å². The van der Waals surface area contributed by atoms with Crippen LogP contribution in [0.1, 0.15) is 72.1 Å². The largest absolute Gasteiger partial charge is 0.488 e. The van der Waals surface area contributed by atoms with Crippen molar-refractivity contribution in [3.8, 4) is 5.75 Å². The highest BCUT2D eigenvalue weighted by molar-refractivity contribution is 9.10. The minimum atomic E-state index is -0.921. The number of aliphatic carboxylic acids is 1. The molecule has 10 heteroatoms. The maximum Gasteiger partial charge on any atom is 0.307 e. The highest BCUT2D eigenvalue weighted by Crippen LogP contribution is 2.44. The van der Waals surface area contributed by atoms with Crippen molar-refractivity contribution in [1.82, 2.24) is 14.7 Å². The molecule has 1 aliphatic carbocycles. The molecule has 1 saturated carbocycles. The number of carbonyl (C=O) groups excluding carboxylic acids is 3. The van der Waals surface area contributed by atoms with Gasteiger partial charge in [-0.05, 0) is 48.6 Å². The van der Waals surface area contributed by atoms with Crippen molar-refractivity contribution >= 4 is 39.6 Å². The van der Waals surface area contributed by atoms with E-state index in [9.17, 15) is 24.3 Å². The molecule has 4 atom stereocenters. The van der Waals surface area contributed by atoms with Crippen LogP contribution in [0, 0.1) is 11.8 Å². The molecule has 1 N–H and O–H groups in total. The van der Waals surface area contributed by atoms with Gasteiger partial charge < -0.3 is 24.5 Å². The Balaban J connectivity index is 1.37. The summed E-state index contributed by atoms with van der Waals surface area (Å²) in [5, 5.41) is 9.97. The normalized spacial score (nSPS) is 25.3. The predicted molar refractivity (Wildman–Crippen MR) is 158 cm³/mol. The zero-order chi connectivity index (χ0) is 29.5. The number of carboxylic acid groups (broad SMARTS) is 1. The Morgan fingerprint density at radius 2 is 1.79 bits per heavy atom. The Morgan fingerprint density at radius 3 is 2.50 bits per heavy atom. The molecule has 0 aromatic heterocycles. The second kappa shape index (κ2) is 11.7. The lowest BCUT2D eigenvalue weighted by molar-refractivity contribution is -0.153. The van der Waals surface area contributed by atoms with Crippen molar-refractivity contribution in [2.45, 2.75) is 64.1 Å². The molecule has 0 bridgehead atoms. The molecule has 4 aliphatic rings. The number of nitrogens with zero attached hydrogens (tertiary/aromatic N) is 3. The summed E-state index contributed by atoms with van der Waals surface area (Å²) in [5.41, 5.74) is 3.52. The predicted octanol–water partition coefficient (Wildman–Crippen LogP) is 4.42. The van der Waals surface area contributed by atoms with Crippen LogP contribution in [0.2, 0.25) is 0 Å². The van der Waals surface area contributed by atoms with E-state index in [1.165, 1.54) is 0 Å². The summed E-state index contributed by atoms with van der Waals surface area (Å²) >= 11 is 3.72. The van der Waals surface area contributed by atoms with Crippen LogP contribution in [-0.4, -0.2) is 75.8 Å². The average molecular weight is 639 g/mol. The van der Waals surface area contributed by atoms with E-state index in [-0.39, 0.29) is 30.4 Å². The number of benzene rings is 2. The van der Waals surface area contributed by atoms with Crippen LogP contribution in [0.4, 0.5) is 0 Å². The SMILES string of the molecule is CC(=O)N1CCC(Oc2ccc(Br)c3c2C(CN2Cc4ccccc4C2=O)N(C(=O)C2CCCCC2C(=O)O)CC3)C1. The molecule has 222 valence electrons. The van der Waals surface area contributed by atoms with Crippen LogP contribution in [0.15, 0.2) is 40.9 Å². The van der Waals surface area contributed by atoms with Crippen molar-refractivity contribution in [2.75, 3.05) is 26.2 Å². The molecule has 2 fully saturated rings. The summed E-state index contributed by atoms with van der Waals surface area (Å²) in [6.07, 6.45) is 3.77. The van der Waals surface area contributed by atoms with E-state index >= 15 is 0 Å². The average Bonchev–Trinajstić information content (AvgIpc) is 3.59. The topological polar surface area (TPSA) is 107 Å². The summed E-state index contributed by atoms with van der Waals surface area (Å²) < 4.78 is 7.49. The highest BCUT2D eigenvalue weighted by atomic mass is 79.9. The summed E-state index contributed by atoms with van der Waals surface area (Å²) in [7, 11) is 0. The maximum atomic E-state index is 14.3. The van der Waals surface area contributed by atoms with Gasteiger partial charge in [0.1, 0.15) is 11.9 Å². The van der Waals surface area contributed by atoms with Gasteiger partial charge in [-0.3, -0.25) is 19.2 Å². The van der Waals surface area contributed by atoms with Gasteiger partial charge in [0, 0.05) is 55.1 Å². The molecule has 9 nitrogen and oxygen atoms in total. The Bertz CT molecular complexity index is 1430. The van der Waals surface area contributed by atoms with Crippen molar-refractivity contribution in [2.24, 2.45) is 11.8 Å². The fourth-order valence-corrected chi connectivity index (χ4v) is 7.78. The van der Waals surface area contributed by atoms with E-state index in [0.29, 0.717) is 63.2 Å². The van der Waals surface area contributed by atoms with Crippen LogP contribution in [0.5, 0.6) is 5.75 Å². The molecule has 6 rings (SSSR count). The first kappa shape index (κ1) is 28.7. The van der Waals surface area contributed by atoms with Crippen LogP contribution in [0.25, 0.3) is 0 Å². The first-order chi connectivity index (χ1) is 20.2. The fourth-order valence-electron chi connectivity index (χ4n) is 7.23. The van der Waals surface area contributed by atoms with Crippen LogP contribution >= 0.6 is 15.9 Å². The number of amides is 3. The second-order valence-electron chi connectivity index (χ2n) is 11.9. The van der Waals surface area contributed by atoms with Crippen molar-refractivity contribution in [3.05, 3.63) is 63.1 Å². The number of hydrogen-bond acceptors (Lipinski definition) is 5. The van der Waals surface area contributed by atoms with E-state index in [2.05, 4.69) is 15.9 Å². The first-order valence-corrected chi connectivity index (χ1v) is 15.7. The lowest BCUT2D eigenvalue weighted by Gasteiger charge is -2.43. The zero-order valence-corrected chi connectivity index (χ0v) is 25.3. The Morgan fingerprint density at radius 1 is 1.02 bits per heavy atom. The third-order valence-corrected chi connectivity index (χ3v) is 10.2. The van der Waals surface area contributed by atoms with Gasteiger partial charge in [0.2, 0.25) is 11.8 Å². The molecule has 3 aliphatic heterocycles. The number of likely N-dealkylation sites (tertiary alicyclic amines) is 1. The standard InChI is InChI=1S/C32H36BrN3O6/c1-19(37)34-14-12-21(17-34)42-28-11-10-26(33)25-13-15-36(31(39)23-8-4-5-9-24(23)32(40)41)27(29(25)28)18-35-16-20-6-2-3-7-22(20)30(35)38/h2-3,6-7,10-11,21,23-24,27H,4-5,8-9,12-18H2,1H3,(H,40,41). The third-order valence-electron chi connectivity index (χ3n) is 9.43. The molecule has 42 heavy (non-hydrogen) atoms. The Labute approximate surface area is 253 Å². The smallest absolute Gasteiger partial charge is 0.307 e. The molecule has 3 amide bonds. The second-order valence-corrected chi connectivity index (χ2v) is 12.8. The number of ether oxygens (including phenoxy) is 1. The third kappa shape index (κ3) is 5.29. The van der Waals surface area contributed by atoms with E-state index in [0.717, 1.165) is 34.0 Å². The minimum Gasteiger partial charge on any atom is -0.488 e. The highest BCUT2D eigenvalue weighted by Gasteiger charge is 2.44. The molecular formula is C32H36BrN3O6. The molecule has 4 unspecified atom stereocenters. The van der Waals surface area contributed by atoms with E-state index in [1.54, 1.807) is 16.7 Å². The Kier molecular flexibility index (Phi) is 8.00. The van der Waals surface area contributed by atoms with Crippen molar-refractivity contribution in [3.63, 3.8) is 0 Å². The number of carboxylic acids is 1. The lowest BCUT2D eigenvalue weighted by atomic mass is 9.77. The van der Waals surface area contributed by atoms with Gasteiger partial charge >= 0.3 is 5.97 Å². The van der Waals surface area contributed by atoms with Gasteiger partial charge in [0.15, 0.2) is 0 Å². The van der Waals surface area contributed by atoms with Gasteiger partial charge in [-0.25, -0.2) is 0 Å². The quantitative estimate of drug-likeness (QED) is 0.502. The van der Waals surface area contributed by atoms with Crippen molar-refractivity contribution < 1.29 is 29.0 Å².